The second kappa shape index (κ2) is 26.6. The van der Waals surface area contributed by atoms with Crippen LogP contribution < -0.4 is 5.32 Å². The molecule has 0 spiro atoms. The van der Waals surface area contributed by atoms with E-state index >= 15 is 0 Å². The Morgan fingerprint density at radius 1 is 0.675 bits per heavy atom. The van der Waals surface area contributed by atoms with Gasteiger partial charge in [0.1, 0.15) is 5.78 Å². The molecule has 0 aromatic rings. The number of phosphoric acid groups is 1. The Bertz CT molecular complexity index is 701. The summed E-state index contributed by atoms with van der Waals surface area (Å²) in [6.45, 7) is 5.65. The zero-order valence-corrected chi connectivity index (χ0v) is 26.5. The number of carbonyl (C=O) groups is 3. The largest absolute Gasteiger partial charge is 0.472 e. The number of ketones is 1. The summed E-state index contributed by atoms with van der Waals surface area (Å²) >= 11 is 0. The van der Waals surface area contributed by atoms with Gasteiger partial charge in [-0.1, -0.05) is 111 Å². The van der Waals surface area contributed by atoms with Gasteiger partial charge in [-0.3, -0.25) is 23.4 Å². The summed E-state index contributed by atoms with van der Waals surface area (Å²) in [5.41, 5.74) is 0. The van der Waals surface area contributed by atoms with Crippen molar-refractivity contribution in [3.05, 3.63) is 0 Å². The third-order valence-electron chi connectivity index (χ3n) is 6.71. The van der Waals surface area contributed by atoms with E-state index in [2.05, 4.69) is 12.2 Å². The number of carbonyl (C=O) groups excluding carboxylic acids is 3. The van der Waals surface area contributed by atoms with Crippen LogP contribution in [-0.4, -0.2) is 48.9 Å². The zero-order valence-electron chi connectivity index (χ0n) is 25.6. The minimum absolute atomic E-state index is 0.00959. The zero-order chi connectivity index (χ0) is 29.9. The predicted octanol–water partition coefficient (Wildman–Crippen LogP) is 7.44. The molecule has 0 radical (unpaired) electrons. The van der Waals surface area contributed by atoms with E-state index in [1.54, 1.807) is 13.8 Å². The summed E-state index contributed by atoms with van der Waals surface area (Å²) in [6.07, 6.45) is 20.0. The first-order valence-electron chi connectivity index (χ1n) is 15.7. The summed E-state index contributed by atoms with van der Waals surface area (Å²) in [5, 5.41) is 2.52. The number of rotatable bonds is 29. The van der Waals surface area contributed by atoms with Gasteiger partial charge in [-0.15, -0.1) is 0 Å². The lowest BCUT2D eigenvalue weighted by molar-refractivity contribution is -0.144. The summed E-state index contributed by atoms with van der Waals surface area (Å²) in [5.74, 6) is -0.687. The molecule has 0 aromatic heterocycles. The number of esters is 1. The van der Waals surface area contributed by atoms with Crippen LogP contribution in [0.1, 0.15) is 143 Å². The number of hydrogen-bond donors (Lipinski definition) is 2. The van der Waals surface area contributed by atoms with Crippen molar-refractivity contribution in [3.8, 4) is 0 Å². The van der Waals surface area contributed by atoms with Crippen LogP contribution in [-0.2, 0) is 32.7 Å². The number of hydrogen-bond acceptors (Lipinski definition) is 7. The van der Waals surface area contributed by atoms with E-state index in [0.717, 1.165) is 19.3 Å². The monoisotopic (exact) mass is 591 g/mol. The molecule has 0 fully saturated rings. The predicted molar refractivity (Wildman–Crippen MR) is 159 cm³/mol. The Kier molecular flexibility index (Phi) is 25.8. The number of amides is 1. The minimum Gasteiger partial charge on any atom is -0.466 e. The average molecular weight is 592 g/mol. The molecule has 236 valence electrons. The molecular weight excluding hydrogens is 533 g/mol. The smallest absolute Gasteiger partial charge is 0.466 e. The molecule has 0 heterocycles. The number of ether oxygens (including phenoxy) is 1. The quantitative estimate of drug-likeness (QED) is 0.0522. The standard InChI is InChI=1S/C30H58NO8P/c1-4-5-6-7-8-9-10-11-12-13-14-15-16-17-18-20-30(34)37-24-19-25-38-40(35,36)39-26-23-31-29(33)22-21-28(32)27(2)3/h27H,4-26H2,1-3H3,(H,31,33)(H,35,36). The van der Waals surface area contributed by atoms with Crippen LogP contribution in [0.3, 0.4) is 0 Å². The van der Waals surface area contributed by atoms with Crippen molar-refractivity contribution in [2.75, 3.05) is 26.4 Å². The molecule has 0 saturated heterocycles. The van der Waals surface area contributed by atoms with Gasteiger partial charge >= 0.3 is 13.8 Å². The Morgan fingerprint density at radius 3 is 1.70 bits per heavy atom. The lowest BCUT2D eigenvalue weighted by Crippen LogP contribution is -2.27. The van der Waals surface area contributed by atoms with Crippen LogP contribution in [0.5, 0.6) is 0 Å². The van der Waals surface area contributed by atoms with Gasteiger partial charge in [-0.2, -0.15) is 0 Å². The highest BCUT2D eigenvalue weighted by Gasteiger charge is 2.20. The summed E-state index contributed by atoms with van der Waals surface area (Å²) < 4.78 is 26.7. The van der Waals surface area contributed by atoms with Crippen LogP contribution in [0.15, 0.2) is 0 Å². The number of nitrogens with one attached hydrogen (secondary N) is 1. The fourth-order valence-corrected chi connectivity index (χ4v) is 4.90. The van der Waals surface area contributed by atoms with E-state index in [9.17, 15) is 23.8 Å². The maximum atomic E-state index is 11.9. The molecule has 0 saturated carbocycles. The first-order valence-corrected chi connectivity index (χ1v) is 17.2. The average Bonchev–Trinajstić information content (AvgIpc) is 2.91. The molecular formula is C30H58NO8P. The normalized spacial score (nSPS) is 12.8. The Hall–Kier alpha value is -1.28. The van der Waals surface area contributed by atoms with Crippen LogP contribution in [0.4, 0.5) is 0 Å². The highest BCUT2D eigenvalue weighted by atomic mass is 31.2. The van der Waals surface area contributed by atoms with E-state index < -0.39 is 7.82 Å². The Labute approximate surface area is 243 Å². The van der Waals surface area contributed by atoms with Gasteiger partial charge in [0.25, 0.3) is 0 Å². The second-order valence-corrected chi connectivity index (χ2v) is 12.3. The van der Waals surface area contributed by atoms with Gasteiger partial charge in [0.2, 0.25) is 5.91 Å². The SMILES string of the molecule is CCCCCCCCCCCCCCCCCC(=O)OCCCOP(=O)(O)OCCNC(=O)CCC(=O)C(C)C. The van der Waals surface area contributed by atoms with Gasteiger partial charge < -0.3 is 14.9 Å². The van der Waals surface area contributed by atoms with Gasteiger partial charge in [0.15, 0.2) is 0 Å². The van der Waals surface area contributed by atoms with Crippen molar-refractivity contribution >= 4 is 25.5 Å². The van der Waals surface area contributed by atoms with E-state index in [-0.39, 0.29) is 69.2 Å². The summed E-state index contributed by atoms with van der Waals surface area (Å²) in [4.78, 5) is 44.7. The second-order valence-electron chi connectivity index (χ2n) is 10.9. The summed E-state index contributed by atoms with van der Waals surface area (Å²) in [7, 11) is -4.25. The molecule has 0 aromatic carbocycles. The van der Waals surface area contributed by atoms with E-state index in [0.29, 0.717) is 6.42 Å². The van der Waals surface area contributed by atoms with Gasteiger partial charge in [-0.25, -0.2) is 4.57 Å². The van der Waals surface area contributed by atoms with Crippen LogP contribution >= 0.6 is 7.82 Å². The van der Waals surface area contributed by atoms with Crippen molar-refractivity contribution in [2.45, 2.75) is 143 Å². The van der Waals surface area contributed by atoms with Crippen molar-refractivity contribution in [2.24, 2.45) is 5.92 Å². The molecule has 1 amide bonds. The molecule has 1 unspecified atom stereocenters. The topological polar surface area (TPSA) is 128 Å². The van der Waals surface area contributed by atoms with E-state index in [1.165, 1.54) is 77.0 Å². The van der Waals surface area contributed by atoms with Crippen molar-refractivity contribution in [3.63, 3.8) is 0 Å². The van der Waals surface area contributed by atoms with Gasteiger partial charge in [0.05, 0.1) is 19.8 Å². The molecule has 9 nitrogen and oxygen atoms in total. The molecule has 0 aliphatic rings. The Balaban J connectivity index is 3.51. The third kappa shape index (κ3) is 26.9. The molecule has 1 atom stereocenters. The van der Waals surface area contributed by atoms with Gasteiger partial charge in [0, 0.05) is 38.1 Å². The van der Waals surface area contributed by atoms with E-state index in [1.807, 2.05) is 0 Å². The first-order chi connectivity index (χ1) is 19.2. The van der Waals surface area contributed by atoms with Crippen molar-refractivity contribution in [1.29, 1.82) is 0 Å². The number of phosphoric ester groups is 1. The molecule has 40 heavy (non-hydrogen) atoms. The lowest BCUT2D eigenvalue weighted by atomic mass is 10.0. The third-order valence-corrected chi connectivity index (χ3v) is 7.73. The fourth-order valence-electron chi connectivity index (χ4n) is 4.14. The molecule has 2 N–H and O–H groups in total. The summed E-state index contributed by atoms with van der Waals surface area (Å²) in [6, 6.07) is 0. The maximum absolute atomic E-state index is 11.9. The fraction of sp³-hybridized carbons (Fsp3) is 0.900. The molecule has 0 rings (SSSR count). The van der Waals surface area contributed by atoms with Crippen LogP contribution in [0.2, 0.25) is 0 Å². The highest BCUT2D eigenvalue weighted by Crippen LogP contribution is 2.42. The van der Waals surface area contributed by atoms with Crippen LogP contribution in [0, 0.1) is 5.92 Å². The Morgan fingerprint density at radius 2 is 1.18 bits per heavy atom. The first kappa shape index (κ1) is 38.7. The highest BCUT2D eigenvalue weighted by molar-refractivity contribution is 7.47. The molecule has 10 heteroatoms. The lowest BCUT2D eigenvalue weighted by Gasteiger charge is -2.12. The number of Topliss-reactive ketones (excluding diaryl/α,β-unsaturated/α-hetero) is 1. The molecule has 0 aliphatic carbocycles. The van der Waals surface area contributed by atoms with Crippen molar-refractivity contribution in [1.82, 2.24) is 5.32 Å². The van der Waals surface area contributed by atoms with Crippen LogP contribution in [0.25, 0.3) is 0 Å². The number of unbranched alkanes of at least 4 members (excludes halogenated alkanes) is 14. The molecule has 0 aliphatic heterocycles. The van der Waals surface area contributed by atoms with Crippen molar-refractivity contribution < 1.29 is 37.6 Å². The van der Waals surface area contributed by atoms with E-state index in [4.69, 9.17) is 13.8 Å². The molecule has 0 bridgehead atoms. The van der Waals surface area contributed by atoms with Gasteiger partial charge in [-0.05, 0) is 6.42 Å². The minimum atomic E-state index is -4.25. The maximum Gasteiger partial charge on any atom is 0.472 e.